The van der Waals surface area contributed by atoms with Gasteiger partial charge in [-0.15, -0.1) is 0 Å². The third-order valence-electron chi connectivity index (χ3n) is 5.53. The van der Waals surface area contributed by atoms with Crippen molar-refractivity contribution in [2.45, 2.75) is 37.5 Å². The predicted molar refractivity (Wildman–Crippen MR) is 117 cm³/mol. The second-order valence-electron chi connectivity index (χ2n) is 7.86. The largest absolute Gasteiger partial charge is 0.497 e. The number of nitrogens with one attached hydrogen (secondary N) is 1. The van der Waals surface area contributed by atoms with Crippen LogP contribution in [0.2, 0.25) is 0 Å². The third kappa shape index (κ3) is 6.06. The number of methoxy groups -OCH3 is 1. The summed E-state index contributed by atoms with van der Waals surface area (Å²) in [5.41, 5.74) is 2.09. The van der Waals surface area contributed by atoms with Gasteiger partial charge in [0.25, 0.3) is 0 Å². The van der Waals surface area contributed by atoms with Crippen molar-refractivity contribution >= 4 is 15.9 Å². The highest BCUT2D eigenvalue weighted by Gasteiger charge is 2.25. The van der Waals surface area contributed by atoms with Crippen LogP contribution in [0.1, 0.15) is 30.4 Å². The van der Waals surface area contributed by atoms with Gasteiger partial charge in [0.2, 0.25) is 15.9 Å². The topological polar surface area (TPSA) is 75.7 Å². The number of sulfonamides is 1. The Morgan fingerprint density at radius 1 is 1.20 bits per heavy atom. The smallest absolute Gasteiger partial charge is 0.240 e. The van der Waals surface area contributed by atoms with Crippen LogP contribution < -0.4 is 9.46 Å². The second kappa shape index (κ2) is 10.1. The standard InChI is InChI=1S/C23H30N2O4S/c1-18-8-11-22(12-9-18)30(27,28)24-16-20-6-4-14-25(17-20)23(26)13-10-19-5-3-7-21(15-19)29-2/h3,5,7-9,11-12,15,20,24H,4,6,10,13-14,16-17H2,1-2H3. The molecular weight excluding hydrogens is 400 g/mol. The van der Waals surface area contributed by atoms with Gasteiger partial charge in [0.1, 0.15) is 5.75 Å². The van der Waals surface area contributed by atoms with Crippen LogP contribution in [0, 0.1) is 12.8 Å². The molecule has 0 radical (unpaired) electrons. The first-order chi connectivity index (χ1) is 14.4. The molecule has 0 saturated carbocycles. The van der Waals surface area contributed by atoms with Gasteiger partial charge >= 0.3 is 0 Å². The SMILES string of the molecule is COc1cccc(CCC(=O)N2CCCC(CNS(=O)(=O)c3ccc(C)cc3)C2)c1. The van der Waals surface area contributed by atoms with E-state index in [2.05, 4.69) is 4.72 Å². The van der Waals surface area contributed by atoms with Crippen molar-refractivity contribution in [3.05, 3.63) is 59.7 Å². The summed E-state index contributed by atoms with van der Waals surface area (Å²) in [7, 11) is -1.90. The highest BCUT2D eigenvalue weighted by molar-refractivity contribution is 7.89. The Kier molecular flexibility index (Phi) is 7.50. The number of amides is 1. The first-order valence-electron chi connectivity index (χ1n) is 10.3. The van der Waals surface area contributed by atoms with E-state index in [0.717, 1.165) is 36.3 Å². The molecule has 1 aliphatic heterocycles. The molecule has 1 unspecified atom stereocenters. The van der Waals surface area contributed by atoms with Crippen LogP contribution in [0.25, 0.3) is 0 Å². The van der Waals surface area contributed by atoms with E-state index in [1.807, 2.05) is 36.1 Å². The molecule has 0 aromatic heterocycles. The van der Waals surface area contributed by atoms with Crippen molar-refractivity contribution in [3.63, 3.8) is 0 Å². The summed E-state index contributed by atoms with van der Waals surface area (Å²) in [6.07, 6.45) is 2.91. The Balaban J connectivity index is 1.50. The minimum atomic E-state index is -3.53. The van der Waals surface area contributed by atoms with E-state index in [4.69, 9.17) is 4.74 Å². The normalized spacial score (nSPS) is 17.0. The lowest BCUT2D eigenvalue weighted by molar-refractivity contribution is -0.132. The molecule has 6 nitrogen and oxygen atoms in total. The zero-order valence-corrected chi connectivity index (χ0v) is 18.5. The number of carbonyl (C=O) groups is 1. The molecule has 162 valence electrons. The summed E-state index contributed by atoms with van der Waals surface area (Å²) in [5, 5.41) is 0. The van der Waals surface area contributed by atoms with Crippen molar-refractivity contribution in [1.82, 2.24) is 9.62 Å². The van der Waals surface area contributed by atoms with Crippen LogP contribution in [-0.2, 0) is 21.2 Å². The summed E-state index contributed by atoms with van der Waals surface area (Å²) in [6, 6.07) is 14.6. The number of piperidine rings is 1. The molecule has 30 heavy (non-hydrogen) atoms. The first kappa shape index (κ1) is 22.3. The highest BCUT2D eigenvalue weighted by atomic mass is 32.2. The van der Waals surface area contributed by atoms with E-state index >= 15 is 0 Å². The number of benzene rings is 2. The van der Waals surface area contributed by atoms with E-state index in [9.17, 15) is 13.2 Å². The maximum absolute atomic E-state index is 12.7. The Labute approximate surface area is 179 Å². The van der Waals surface area contributed by atoms with Crippen LogP contribution >= 0.6 is 0 Å². The molecule has 1 saturated heterocycles. The van der Waals surface area contributed by atoms with Crippen molar-refractivity contribution < 1.29 is 17.9 Å². The highest BCUT2D eigenvalue weighted by Crippen LogP contribution is 2.19. The van der Waals surface area contributed by atoms with Gasteiger partial charge in [0.15, 0.2) is 0 Å². The van der Waals surface area contributed by atoms with Crippen molar-refractivity contribution in [3.8, 4) is 5.75 Å². The molecule has 7 heteroatoms. The number of carbonyl (C=O) groups excluding carboxylic acids is 1. The zero-order valence-electron chi connectivity index (χ0n) is 17.6. The number of aryl methyl sites for hydroxylation is 2. The molecule has 3 rings (SSSR count). The number of rotatable bonds is 8. The van der Waals surface area contributed by atoms with Crippen LogP contribution in [0.4, 0.5) is 0 Å². The number of hydrogen-bond donors (Lipinski definition) is 1. The Morgan fingerprint density at radius 3 is 2.70 bits per heavy atom. The molecule has 1 heterocycles. The average molecular weight is 431 g/mol. The minimum absolute atomic E-state index is 0.115. The minimum Gasteiger partial charge on any atom is -0.497 e. The van der Waals surface area contributed by atoms with Gasteiger partial charge in [-0.05, 0) is 61.9 Å². The lowest BCUT2D eigenvalue weighted by atomic mass is 9.97. The van der Waals surface area contributed by atoms with Gasteiger partial charge in [0, 0.05) is 26.1 Å². The summed E-state index contributed by atoms with van der Waals surface area (Å²) >= 11 is 0. The third-order valence-corrected chi connectivity index (χ3v) is 6.97. The van der Waals surface area contributed by atoms with Gasteiger partial charge < -0.3 is 9.64 Å². The molecule has 1 atom stereocenters. The Bertz CT molecular complexity index is 957. The number of ether oxygens (including phenoxy) is 1. The Hall–Kier alpha value is -2.38. The maximum atomic E-state index is 12.7. The monoisotopic (exact) mass is 430 g/mol. The van der Waals surface area contributed by atoms with Gasteiger partial charge in [-0.25, -0.2) is 13.1 Å². The van der Waals surface area contributed by atoms with E-state index in [1.54, 1.807) is 31.4 Å². The van der Waals surface area contributed by atoms with Crippen LogP contribution in [0.15, 0.2) is 53.4 Å². The van der Waals surface area contributed by atoms with Crippen LogP contribution in [0.3, 0.4) is 0 Å². The molecule has 2 aromatic carbocycles. The maximum Gasteiger partial charge on any atom is 0.240 e. The summed E-state index contributed by atoms with van der Waals surface area (Å²) in [4.78, 5) is 14.8. The molecule has 1 fully saturated rings. The Morgan fingerprint density at radius 2 is 1.97 bits per heavy atom. The summed E-state index contributed by atoms with van der Waals surface area (Å²) < 4.78 is 33.0. The first-order valence-corrected chi connectivity index (χ1v) is 11.8. The fourth-order valence-electron chi connectivity index (χ4n) is 3.72. The molecule has 1 N–H and O–H groups in total. The molecule has 0 bridgehead atoms. The van der Waals surface area contributed by atoms with Gasteiger partial charge in [-0.3, -0.25) is 4.79 Å². The summed E-state index contributed by atoms with van der Waals surface area (Å²) in [5.74, 6) is 1.03. The molecule has 1 aliphatic rings. The fourth-order valence-corrected chi connectivity index (χ4v) is 4.84. The van der Waals surface area contributed by atoms with Gasteiger partial charge in [-0.1, -0.05) is 29.8 Å². The van der Waals surface area contributed by atoms with E-state index in [1.165, 1.54) is 0 Å². The average Bonchev–Trinajstić information content (AvgIpc) is 2.77. The lowest BCUT2D eigenvalue weighted by Gasteiger charge is -2.33. The van der Waals surface area contributed by atoms with Crippen molar-refractivity contribution in [2.24, 2.45) is 5.92 Å². The molecule has 0 spiro atoms. The van der Waals surface area contributed by atoms with Crippen LogP contribution in [-0.4, -0.2) is 46.0 Å². The van der Waals surface area contributed by atoms with E-state index < -0.39 is 10.0 Å². The quantitative estimate of drug-likeness (QED) is 0.698. The number of likely N-dealkylation sites (tertiary alicyclic amines) is 1. The fraction of sp³-hybridized carbons (Fsp3) is 0.435. The van der Waals surface area contributed by atoms with E-state index in [0.29, 0.717) is 25.9 Å². The second-order valence-corrected chi connectivity index (χ2v) is 9.63. The predicted octanol–water partition coefficient (Wildman–Crippen LogP) is 3.15. The van der Waals surface area contributed by atoms with Crippen molar-refractivity contribution in [2.75, 3.05) is 26.7 Å². The molecule has 0 aliphatic carbocycles. The zero-order chi connectivity index (χ0) is 21.6. The molecule has 2 aromatic rings. The molecule has 1 amide bonds. The van der Waals surface area contributed by atoms with E-state index in [-0.39, 0.29) is 16.7 Å². The molecular formula is C23H30N2O4S. The van der Waals surface area contributed by atoms with Gasteiger partial charge in [-0.2, -0.15) is 0 Å². The van der Waals surface area contributed by atoms with Crippen molar-refractivity contribution in [1.29, 1.82) is 0 Å². The van der Waals surface area contributed by atoms with Gasteiger partial charge in [0.05, 0.1) is 12.0 Å². The van der Waals surface area contributed by atoms with Crippen LogP contribution in [0.5, 0.6) is 5.75 Å². The summed E-state index contributed by atoms with van der Waals surface area (Å²) in [6.45, 7) is 3.59. The number of nitrogens with zero attached hydrogens (tertiary/aromatic N) is 1. The number of hydrogen-bond acceptors (Lipinski definition) is 4. The lowest BCUT2D eigenvalue weighted by Crippen LogP contribution is -2.43.